The van der Waals surface area contributed by atoms with Crippen molar-refractivity contribution in [2.75, 3.05) is 14.1 Å². The highest BCUT2D eigenvalue weighted by Gasteiger charge is 2.37. The molecule has 220 valence electrons. The molecule has 8 nitrogen and oxygen atoms in total. The van der Waals surface area contributed by atoms with Crippen LogP contribution in [0.15, 0.2) is 91.1 Å². The van der Waals surface area contributed by atoms with Crippen molar-refractivity contribution >= 4 is 23.8 Å². The molecule has 3 N–H and O–H groups in total. The Bertz CT molecular complexity index is 1360. The zero-order valence-corrected chi connectivity index (χ0v) is 24.6. The molecule has 8 heteroatoms. The zero-order chi connectivity index (χ0) is 30.1. The van der Waals surface area contributed by atoms with Crippen molar-refractivity contribution in [3.63, 3.8) is 0 Å². The van der Waals surface area contributed by atoms with E-state index in [0.717, 1.165) is 11.1 Å². The largest absolute Gasteiger partial charge is 0.483 e. The molecule has 4 atom stereocenters. The fourth-order valence-electron chi connectivity index (χ4n) is 4.94. The Balaban J connectivity index is 1.75. The van der Waals surface area contributed by atoms with Gasteiger partial charge in [0.15, 0.2) is 6.10 Å². The molecule has 2 heterocycles. The molecule has 0 radical (unpaired) electrons. The molecular weight excluding hydrogens is 528 g/mol. The van der Waals surface area contributed by atoms with Gasteiger partial charge in [-0.1, -0.05) is 86.6 Å². The molecule has 3 aromatic carbocycles. The van der Waals surface area contributed by atoms with Crippen LogP contribution in [0.25, 0.3) is 6.08 Å². The summed E-state index contributed by atoms with van der Waals surface area (Å²) in [4.78, 5) is 43.1. The number of nitrogens with one attached hydrogen (secondary N) is 3. The van der Waals surface area contributed by atoms with Crippen molar-refractivity contribution in [3.05, 3.63) is 108 Å². The number of carbonyl (C=O) groups is 3. The van der Waals surface area contributed by atoms with Gasteiger partial charge in [-0.2, -0.15) is 0 Å². The van der Waals surface area contributed by atoms with Crippen LogP contribution in [0.2, 0.25) is 0 Å². The smallest absolute Gasteiger partial charge is 0.247 e. The molecule has 0 aromatic heterocycles. The first-order valence-corrected chi connectivity index (χ1v) is 14.3. The van der Waals surface area contributed by atoms with E-state index in [-0.39, 0.29) is 17.7 Å². The van der Waals surface area contributed by atoms with Gasteiger partial charge in [0.1, 0.15) is 17.8 Å². The summed E-state index contributed by atoms with van der Waals surface area (Å²) >= 11 is 0. The number of nitrogens with zero attached hydrogens (tertiary/aromatic N) is 1. The minimum atomic E-state index is -1.14. The second-order valence-electron chi connectivity index (χ2n) is 11.2. The number of ether oxygens (including phenoxy) is 1. The lowest BCUT2D eigenvalue weighted by atomic mass is 9.97. The second-order valence-corrected chi connectivity index (χ2v) is 11.2. The van der Waals surface area contributed by atoms with Crippen molar-refractivity contribution in [1.29, 1.82) is 0 Å². The van der Waals surface area contributed by atoms with Crippen LogP contribution in [-0.2, 0) is 20.8 Å². The third kappa shape index (κ3) is 8.30. The van der Waals surface area contributed by atoms with Crippen LogP contribution in [0.1, 0.15) is 43.1 Å². The molecule has 0 saturated carbocycles. The van der Waals surface area contributed by atoms with E-state index in [2.05, 4.69) is 16.0 Å². The van der Waals surface area contributed by atoms with Crippen LogP contribution in [0.3, 0.4) is 0 Å². The minimum Gasteiger partial charge on any atom is -0.483 e. The van der Waals surface area contributed by atoms with Crippen LogP contribution in [-0.4, -0.2) is 54.8 Å². The van der Waals surface area contributed by atoms with E-state index < -0.39 is 30.1 Å². The van der Waals surface area contributed by atoms with E-state index in [4.69, 9.17) is 4.74 Å². The highest BCUT2D eigenvalue weighted by molar-refractivity contribution is 5.94. The van der Waals surface area contributed by atoms with Gasteiger partial charge in [-0.15, -0.1) is 0 Å². The van der Waals surface area contributed by atoms with Gasteiger partial charge in [0.05, 0.1) is 6.04 Å². The average molecular weight is 569 g/mol. The van der Waals surface area contributed by atoms with Gasteiger partial charge in [0.25, 0.3) is 0 Å². The molecule has 5 rings (SSSR count). The van der Waals surface area contributed by atoms with E-state index in [9.17, 15) is 14.4 Å². The van der Waals surface area contributed by atoms with E-state index in [0.29, 0.717) is 24.2 Å². The molecule has 2 bridgehead atoms. The quantitative estimate of drug-likeness (QED) is 0.380. The van der Waals surface area contributed by atoms with Crippen LogP contribution < -0.4 is 20.7 Å². The first-order chi connectivity index (χ1) is 20.2. The van der Waals surface area contributed by atoms with Gasteiger partial charge >= 0.3 is 0 Å². The molecule has 3 aromatic rings. The summed E-state index contributed by atoms with van der Waals surface area (Å²) in [7, 11) is 3.67. The SMILES string of the molecule is CC(C)C[C@@H]1NC(=O)[C@@H](NC(=O)[C@H](Cc2ccccc2)N(C)C)[C@H](c2ccccc2)Oc2ccc(cc2)C=CNC1=O. The maximum absolute atomic E-state index is 14.1. The number of hydrogen-bond donors (Lipinski definition) is 3. The van der Waals surface area contributed by atoms with E-state index in [1.54, 1.807) is 24.4 Å². The van der Waals surface area contributed by atoms with Gasteiger partial charge in [-0.25, -0.2) is 0 Å². The monoisotopic (exact) mass is 568 g/mol. The van der Waals surface area contributed by atoms with Gasteiger partial charge in [-0.05, 0) is 67.8 Å². The van der Waals surface area contributed by atoms with E-state index in [1.165, 1.54) is 0 Å². The van der Waals surface area contributed by atoms with Crippen LogP contribution in [0.5, 0.6) is 5.75 Å². The first kappa shape index (κ1) is 30.5. The van der Waals surface area contributed by atoms with Gasteiger partial charge < -0.3 is 20.7 Å². The molecule has 0 unspecified atom stereocenters. The number of rotatable bonds is 8. The molecule has 2 aliphatic heterocycles. The highest BCUT2D eigenvalue weighted by Crippen LogP contribution is 2.27. The van der Waals surface area contributed by atoms with Crippen LogP contribution >= 0.6 is 0 Å². The Kier molecular flexibility index (Phi) is 10.5. The van der Waals surface area contributed by atoms with Gasteiger partial charge in [-0.3, -0.25) is 19.3 Å². The van der Waals surface area contributed by atoms with Crippen molar-refractivity contribution in [3.8, 4) is 5.75 Å². The van der Waals surface area contributed by atoms with Crippen LogP contribution in [0, 0.1) is 5.92 Å². The number of likely N-dealkylation sites (N-methyl/N-ethyl adjacent to an activating group) is 1. The number of hydrogen-bond acceptors (Lipinski definition) is 5. The molecule has 42 heavy (non-hydrogen) atoms. The Morgan fingerprint density at radius 3 is 2.17 bits per heavy atom. The summed E-state index contributed by atoms with van der Waals surface area (Å²) in [5.74, 6) is -0.486. The summed E-state index contributed by atoms with van der Waals surface area (Å²) in [5.41, 5.74) is 2.59. The van der Waals surface area contributed by atoms with E-state index >= 15 is 0 Å². The average Bonchev–Trinajstić information content (AvgIpc) is 2.98. The predicted molar refractivity (Wildman–Crippen MR) is 164 cm³/mol. The van der Waals surface area contributed by atoms with Crippen molar-refractivity contribution < 1.29 is 19.1 Å². The Labute approximate surface area is 248 Å². The maximum Gasteiger partial charge on any atom is 0.247 e. The second kappa shape index (κ2) is 14.5. The molecule has 2 aliphatic rings. The summed E-state index contributed by atoms with van der Waals surface area (Å²) < 4.78 is 6.47. The number of benzene rings is 3. The lowest BCUT2D eigenvalue weighted by molar-refractivity contribution is -0.135. The van der Waals surface area contributed by atoms with Crippen molar-refractivity contribution in [1.82, 2.24) is 20.9 Å². The summed E-state index contributed by atoms with van der Waals surface area (Å²) in [6.07, 6.45) is 3.36. The third-order valence-electron chi connectivity index (χ3n) is 7.19. The Morgan fingerprint density at radius 1 is 0.905 bits per heavy atom. The van der Waals surface area contributed by atoms with Gasteiger partial charge in [0.2, 0.25) is 17.7 Å². The summed E-state index contributed by atoms with van der Waals surface area (Å²) in [6.45, 7) is 3.98. The van der Waals surface area contributed by atoms with Crippen molar-refractivity contribution in [2.45, 2.75) is 50.9 Å². The predicted octanol–water partition coefficient (Wildman–Crippen LogP) is 4.10. The fourth-order valence-corrected chi connectivity index (χ4v) is 4.94. The molecule has 0 fully saturated rings. The van der Waals surface area contributed by atoms with Crippen molar-refractivity contribution in [2.24, 2.45) is 5.92 Å². The molecular formula is C34H40N4O4. The molecule has 3 amide bonds. The third-order valence-corrected chi connectivity index (χ3v) is 7.19. The summed E-state index contributed by atoms with van der Waals surface area (Å²) in [6, 6.07) is 23.9. The fraction of sp³-hybridized carbons (Fsp3) is 0.324. The summed E-state index contributed by atoms with van der Waals surface area (Å²) in [5, 5.41) is 8.74. The standard InChI is InChI=1S/C34H40N4O4/c1-23(2)21-28-32(39)35-20-19-24-15-17-27(18-16-24)42-31(26-13-9-6-10-14-26)30(34(41)36-28)37-33(40)29(38(3)4)22-25-11-7-5-8-12-25/h5-20,23,28-31H,21-22H2,1-4H3,(H,35,39)(H,36,41)(H,37,40)/t28-,29-,30-,31-/m0/s1. The first-order valence-electron chi connectivity index (χ1n) is 14.3. The van der Waals surface area contributed by atoms with Crippen LogP contribution in [0.4, 0.5) is 0 Å². The molecule has 0 aliphatic carbocycles. The number of amides is 3. The lowest BCUT2D eigenvalue weighted by Gasteiger charge is -2.32. The Morgan fingerprint density at radius 2 is 1.55 bits per heavy atom. The maximum atomic E-state index is 14.1. The number of carbonyl (C=O) groups excluding carboxylic acids is 3. The zero-order valence-electron chi connectivity index (χ0n) is 24.6. The van der Waals surface area contributed by atoms with E-state index in [1.807, 2.05) is 106 Å². The highest BCUT2D eigenvalue weighted by atomic mass is 16.5. The topological polar surface area (TPSA) is 99.8 Å². The molecule has 0 spiro atoms. The minimum absolute atomic E-state index is 0.133. The van der Waals surface area contributed by atoms with Gasteiger partial charge in [0, 0.05) is 6.20 Å². The lowest BCUT2D eigenvalue weighted by Crippen LogP contribution is -2.58. The normalized spacial score (nSPS) is 19.9. The number of fused-ring (bicyclic) bond motifs is 10. The molecule has 0 saturated heterocycles. The Hall–Kier alpha value is -4.43.